The van der Waals surface area contributed by atoms with E-state index < -0.39 is 0 Å². The van der Waals surface area contributed by atoms with Gasteiger partial charge in [0.15, 0.2) is 0 Å². The molecule has 2 amide bonds. The largest absolute Gasteiger partial charge is 0.494 e. The van der Waals surface area contributed by atoms with E-state index in [0.717, 1.165) is 5.75 Å². The van der Waals surface area contributed by atoms with E-state index in [9.17, 15) is 9.59 Å². The summed E-state index contributed by atoms with van der Waals surface area (Å²) in [6, 6.07) is 12.5. The van der Waals surface area contributed by atoms with Crippen molar-refractivity contribution in [3.05, 3.63) is 63.5 Å². The second kappa shape index (κ2) is 8.19. The summed E-state index contributed by atoms with van der Waals surface area (Å²) < 4.78 is 5.47. The molecule has 0 spiro atoms. The van der Waals surface area contributed by atoms with Gasteiger partial charge in [-0.25, -0.2) is 4.90 Å². The summed E-state index contributed by atoms with van der Waals surface area (Å²) in [6.07, 6.45) is 0. The second-order valence-corrected chi connectivity index (χ2v) is 7.61. The van der Waals surface area contributed by atoms with Crippen molar-refractivity contribution >= 4 is 46.4 Å². The highest BCUT2D eigenvalue weighted by Gasteiger charge is 2.40. The fourth-order valence-corrected chi connectivity index (χ4v) is 4.01. The topological polar surface area (TPSA) is 46.6 Å². The molecule has 1 aliphatic rings. The number of hydrogen-bond acceptors (Lipinski definition) is 4. The number of carbonyl (C=O) groups excluding carboxylic acids is 2. The van der Waals surface area contributed by atoms with Crippen molar-refractivity contribution in [1.82, 2.24) is 0 Å². The summed E-state index contributed by atoms with van der Waals surface area (Å²) in [7, 11) is 0. The minimum absolute atomic E-state index is 0.305. The maximum Gasteiger partial charge on any atom is 0.272 e. The van der Waals surface area contributed by atoms with E-state index in [1.54, 1.807) is 25.1 Å². The number of hydrogen-bond donors (Lipinski definition) is 0. The number of rotatable bonds is 6. The van der Waals surface area contributed by atoms with E-state index in [1.807, 2.05) is 38.1 Å². The van der Waals surface area contributed by atoms with Crippen molar-refractivity contribution in [2.75, 3.05) is 17.3 Å². The third-order valence-corrected chi connectivity index (χ3v) is 5.63. The molecule has 140 valence electrons. The molecule has 0 N–H and O–H groups in total. The van der Waals surface area contributed by atoms with Crippen LogP contribution >= 0.6 is 23.4 Å². The van der Waals surface area contributed by atoms with Crippen LogP contribution in [0.5, 0.6) is 5.75 Å². The standard InChI is InChI=1S/C21H20ClNO3S/c1-4-26-15-11-9-14(10-12-15)18-19(27-5-2)21(25)23(20(18)24)17-8-6-7-16(22)13(17)3/h6-12H,4-5H2,1-3H3. The number of nitrogens with zero attached hydrogens (tertiary/aromatic N) is 1. The van der Waals surface area contributed by atoms with Crippen molar-refractivity contribution < 1.29 is 14.3 Å². The summed E-state index contributed by atoms with van der Waals surface area (Å²) in [5.41, 5.74) is 2.35. The molecule has 6 heteroatoms. The Morgan fingerprint density at radius 1 is 1.04 bits per heavy atom. The van der Waals surface area contributed by atoms with Crippen molar-refractivity contribution in [2.45, 2.75) is 20.8 Å². The van der Waals surface area contributed by atoms with Crippen molar-refractivity contribution in [2.24, 2.45) is 0 Å². The van der Waals surface area contributed by atoms with Gasteiger partial charge in [0.2, 0.25) is 0 Å². The van der Waals surface area contributed by atoms with Gasteiger partial charge in [-0.05, 0) is 55.0 Å². The van der Waals surface area contributed by atoms with Crippen LogP contribution in [0, 0.1) is 6.92 Å². The Hall–Kier alpha value is -2.24. The van der Waals surface area contributed by atoms with Gasteiger partial charge in [0.05, 0.1) is 22.8 Å². The van der Waals surface area contributed by atoms with Crippen LogP contribution in [0.1, 0.15) is 25.0 Å². The Labute approximate surface area is 168 Å². The van der Waals surface area contributed by atoms with E-state index >= 15 is 0 Å². The Balaban J connectivity index is 2.06. The Kier molecular flexibility index (Phi) is 5.92. The number of halogens is 1. The van der Waals surface area contributed by atoms with Crippen molar-refractivity contribution in [3.8, 4) is 5.75 Å². The molecule has 0 fully saturated rings. The van der Waals surface area contributed by atoms with Gasteiger partial charge in [0.25, 0.3) is 11.8 Å². The third-order valence-electron chi connectivity index (χ3n) is 4.26. The van der Waals surface area contributed by atoms with Gasteiger partial charge in [-0.2, -0.15) is 0 Å². The quantitative estimate of drug-likeness (QED) is 0.633. The molecule has 1 aliphatic heterocycles. The second-order valence-electron chi connectivity index (χ2n) is 5.92. The number of anilines is 1. The molecule has 0 unspecified atom stereocenters. The van der Waals surface area contributed by atoms with Crippen LogP contribution < -0.4 is 9.64 Å². The fraction of sp³-hybridized carbons (Fsp3) is 0.238. The molecule has 0 bridgehead atoms. The van der Waals surface area contributed by atoms with Crippen LogP contribution in [0.4, 0.5) is 5.69 Å². The summed E-state index contributed by atoms with van der Waals surface area (Å²) >= 11 is 7.58. The minimum Gasteiger partial charge on any atom is -0.494 e. The monoisotopic (exact) mass is 401 g/mol. The summed E-state index contributed by atoms with van der Waals surface area (Å²) in [5, 5.41) is 0.521. The average Bonchev–Trinajstić information content (AvgIpc) is 2.89. The zero-order valence-electron chi connectivity index (χ0n) is 15.4. The predicted molar refractivity (Wildman–Crippen MR) is 111 cm³/mol. The van der Waals surface area contributed by atoms with Gasteiger partial charge in [0.1, 0.15) is 5.75 Å². The number of ether oxygens (including phenoxy) is 1. The summed E-state index contributed by atoms with van der Waals surface area (Å²) in [6.45, 7) is 6.24. The Morgan fingerprint density at radius 2 is 1.74 bits per heavy atom. The molecule has 0 aliphatic carbocycles. The molecule has 0 atom stereocenters. The van der Waals surface area contributed by atoms with Crippen LogP contribution in [0.3, 0.4) is 0 Å². The zero-order chi connectivity index (χ0) is 19.6. The highest BCUT2D eigenvalue weighted by molar-refractivity contribution is 8.04. The minimum atomic E-state index is -0.328. The molecule has 4 nitrogen and oxygen atoms in total. The van der Waals surface area contributed by atoms with Crippen LogP contribution in [0.25, 0.3) is 5.57 Å². The number of benzene rings is 2. The Morgan fingerprint density at radius 3 is 2.37 bits per heavy atom. The molecule has 0 radical (unpaired) electrons. The predicted octanol–water partition coefficient (Wildman–Crippen LogP) is 5.08. The molecule has 3 rings (SSSR count). The SMILES string of the molecule is CCOc1ccc(C2=C(SCC)C(=O)N(c3cccc(Cl)c3C)C2=O)cc1. The lowest BCUT2D eigenvalue weighted by Gasteiger charge is -2.18. The smallest absolute Gasteiger partial charge is 0.272 e. The Bertz CT molecular complexity index is 922. The lowest BCUT2D eigenvalue weighted by Crippen LogP contribution is -2.32. The van der Waals surface area contributed by atoms with E-state index in [1.165, 1.54) is 16.7 Å². The van der Waals surface area contributed by atoms with Crippen molar-refractivity contribution in [1.29, 1.82) is 0 Å². The molecule has 1 heterocycles. The van der Waals surface area contributed by atoms with Crippen LogP contribution in [0.2, 0.25) is 5.02 Å². The van der Waals surface area contributed by atoms with Gasteiger partial charge in [-0.3, -0.25) is 9.59 Å². The van der Waals surface area contributed by atoms with Crippen LogP contribution in [-0.2, 0) is 9.59 Å². The van der Waals surface area contributed by atoms with Gasteiger partial charge < -0.3 is 4.74 Å². The highest BCUT2D eigenvalue weighted by atomic mass is 35.5. The van der Waals surface area contributed by atoms with Gasteiger partial charge >= 0.3 is 0 Å². The summed E-state index contributed by atoms with van der Waals surface area (Å²) in [5.74, 6) is 0.787. The first kappa shape index (κ1) is 19.5. The molecular formula is C21H20ClNO3S. The van der Waals surface area contributed by atoms with Crippen molar-refractivity contribution in [3.63, 3.8) is 0 Å². The van der Waals surface area contributed by atoms with E-state index in [4.69, 9.17) is 16.3 Å². The average molecular weight is 402 g/mol. The number of imide groups is 1. The molecule has 0 aromatic heterocycles. The van der Waals surface area contributed by atoms with E-state index in [0.29, 0.717) is 44.7 Å². The van der Waals surface area contributed by atoms with E-state index in [-0.39, 0.29) is 11.8 Å². The fourth-order valence-electron chi connectivity index (χ4n) is 2.98. The first-order valence-electron chi connectivity index (χ1n) is 8.73. The zero-order valence-corrected chi connectivity index (χ0v) is 17.0. The molecule has 0 saturated carbocycles. The highest BCUT2D eigenvalue weighted by Crippen LogP contribution is 2.40. The molecule has 2 aromatic carbocycles. The van der Waals surface area contributed by atoms with Gasteiger partial charge in [-0.15, -0.1) is 11.8 Å². The van der Waals surface area contributed by atoms with Gasteiger partial charge in [-0.1, -0.05) is 36.7 Å². The van der Waals surface area contributed by atoms with E-state index in [2.05, 4.69) is 0 Å². The number of thioether (sulfide) groups is 1. The van der Waals surface area contributed by atoms with Crippen LogP contribution in [-0.4, -0.2) is 24.2 Å². The maximum atomic E-state index is 13.2. The van der Waals surface area contributed by atoms with Crippen LogP contribution in [0.15, 0.2) is 47.4 Å². The first-order valence-corrected chi connectivity index (χ1v) is 10.1. The lowest BCUT2D eigenvalue weighted by molar-refractivity contribution is -0.119. The number of amides is 2. The van der Waals surface area contributed by atoms with Gasteiger partial charge in [0, 0.05) is 5.02 Å². The summed E-state index contributed by atoms with van der Waals surface area (Å²) in [4.78, 5) is 28.0. The molecule has 2 aromatic rings. The molecule has 27 heavy (non-hydrogen) atoms. The maximum absolute atomic E-state index is 13.2. The molecular weight excluding hydrogens is 382 g/mol. The normalized spacial score (nSPS) is 14.3. The lowest BCUT2D eigenvalue weighted by atomic mass is 10.1. The first-order chi connectivity index (χ1) is 13.0. The third kappa shape index (κ3) is 3.62. The number of carbonyl (C=O) groups is 2. The molecule has 0 saturated heterocycles.